The fraction of sp³-hybridized carbons (Fsp3) is 0.643. The maximum atomic E-state index is 12.2. The summed E-state index contributed by atoms with van der Waals surface area (Å²) in [5.74, 6) is -0.828. The molecule has 1 aromatic heterocycles. The van der Waals surface area contributed by atoms with Crippen molar-refractivity contribution >= 4 is 12.0 Å². The molecule has 0 aliphatic carbocycles. The van der Waals surface area contributed by atoms with Gasteiger partial charge in [0, 0.05) is 38.4 Å². The molecule has 0 spiro atoms. The molecule has 1 unspecified atom stereocenters. The lowest BCUT2D eigenvalue weighted by Gasteiger charge is -2.28. The summed E-state index contributed by atoms with van der Waals surface area (Å²) in [7, 11) is 1.82. The van der Waals surface area contributed by atoms with E-state index in [0.29, 0.717) is 19.5 Å². The van der Waals surface area contributed by atoms with Gasteiger partial charge in [-0.05, 0) is 12.3 Å². The second kappa shape index (κ2) is 5.75. The van der Waals surface area contributed by atoms with Gasteiger partial charge in [-0.2, -0.15) is 5.10 Å². The van der Waals surface area contributed by atoms with Gasteiger partial charge >= 0.3 is 12.0 Å². The van der Waals surface area contributed by atoms with Crippen LogP contribution in [0.1, 0.15) is 25.8 Å². The van der Waals surface area contributed by atoms with Gasteiger partial charge in [-0.1, -0.05) is 13.8 Å². The Kier molecular flexibility index (Phi) is 4.20. The Morgan fingerprint density at radius 1 is 1.52 bits per heavy atom. The number of hydrogen-bond donors (Lipinski definition) is 2. The first-order valence-corrected chi connectivity index (χ1v) is 7.09. The van der Waals surface area contributed by atoms with Crippen LogP contribution in [0.2, 0.25) is 0 Å². The largest absolute Gasteiger partial charge is 0.481 e. The first-order valence-electron chi connectivity index (χ1n) is 7.09. The van der Waals surface area contributed by atoms with Crippen molar-refractivity contribution in [2.45, 2.75) is 26.8 Å². The maximum Gasteiger partial charge on any atom is 0.317 e. The van der Waals surface area contributed by atoms with E-state index in [0.717, 1.165) is 5.56 Å². The molecule has 1 aliphatic rings. The highest BCUT2D eigenvalue weighted by atomic mass is 16.4. The van der Waals surface area contributed by atoms with Crippen molar-refractivity contribution < 1.29 is 14.7 Å². The number of nitrogens with zero attached hydrogens (tertiary/aromatic N) is 3. The molecule has 1 aromatic rings. The number of aryl methyl sites for hydroxylation is 1. The normalized spacial score (nSPS) is 21.8. The standard InChI is InChI=1S/C14H22N4O3/c1-10(2)14(12(19)20)4-5-18(9-14)13(21)15-6-11-7-16-17(3)8-11/h7-8,10H,4-6,9H2,1-3H3,(H,15,21)(H,19,20). The zero-order valence-corrected chi connectivity index (χ0v) is 12.7. The molecule has 0 bridgehead atoms. The summed E-state index contributed by atoms with van der Waals surface area (Å²) in [5.41, 5.74) is 0.0875. The number of nitrogens with one attached hydrogen (secondary N) is 1. The highest BCUT2D eigenvalue weighted by Crippen LogP contribution is 2.38. The van der Waals surface area contributed by atoms with Crippen molar-refractivity contribution in [2.24, 2.45) is 18.4 Å². The Labute approximate surface area is 123 Å². The summed E-state index contributed by atoms with van der Waals surface area (Å²) in [4.78, 5) is 25.3. The molecule has 2 N–H and O–H groups in total. The Morgan fingerprint density at radius 2 is 2.24 bits per heavy atom. The van der Waals surface area contributed by atoms with Gasteiger partial charge in [-0.15, -0.1) is 0 Å². The minimum atomic E-state index is -0.828. The molecule has 0 radical (unpaired) electrons. The Balaban J connectivity index is 1.94. The molecule has 7 nitrogen and oxygen atoms in total. The second-order valence-electron chi connectivity index (χ2n) is 5.97. The smallest absolute Gasteiger partial charge is 0.317 e. The van der Waals surface area contributed by atoms with Gasteiger partial charge in [0.05, 0.1) is 11.6 Å². The number of carboxylic acid groups (broad SMARTS) is 1. The highest BCUT2D eigenvalue weighted by Gasteiger charge is 2.48. The molecule has 0 saturated carbocycles. The van der Waals surface area contributed by atoms with Crippen LogP contribution in [-0.4, -0.2) is 44.9 Å². The molecule has 2 amide bonds. The van der Waals surface area contributed by atoms with Crippen molar-refractivity contribution in [1.29, 1.82) is 0 Å². The average molecular weight is 294 g/mol. The van der Waals surface area contributed by atoms with Crippen molar-refractivity contribution in [2.75, 3.05) is 13.1 Å². The van der Waals surface area contributed by atoms with Crippen LogP contribution in [0, 0.1) is 11.3 Å². The van der Waals surface area contributed by atoms with Crippen LogP contribution in [0.25, 0.3) is 0 Å². The van der Waals surface area contributed by atoms with Gasteiger partial charge in [-0.3, -0.25) is 9.48 Å². The number of aliphatic carboxylic acids is 1. The number of carboxylic acids is 1. The summed E-state index contributed by atoms with van der Waals surface area (Å²) < 4.78 is 1.67. The number of urea groups is 1. The summed E-state index contributed by atoms with van der Waals surface area (Å²) >= 11 is 0. The van der Waals surface area contributed by atoms with E-state index >= 15 is 0 Å². The van der Waals surface area contributed by atoms with Gasteiger partial charge in [-0.25, -0.2) is 4.79 Å². The van der Waals surface area contributed by atoms with Gasteiger partial charge in [0.25, 0.3) is 0 Å². The van der Waals surface area contributed by atoms with Crippen LogP contribution < -0.4 is 5.32 Å². The number of likely N-dealkylation sites (tertiary alicyclic amines) is 1. The van der Waals surface area contributed by atoms with E-state index < -0.39 is 11.4 Å². The van der Waals surface area contributed by atoms with Crippen LogP contribution in [-0.2, 0) is 18.4 Å². The zero-order chi connectivity index (χ0) is 15.6. The summed E-state index contributed by atoms with van der Waals surface area (Å²) in [6.07, 6.45) is 4.03. The van der Waals surface area contributed by atoms with Crippen LogP contribution in [0.4, 0.5) is 4.79 Å². The lowest BCUT2D eigenvalue weighted by Crippen LogP contribution is -2.43. The predicted octanol–water partition coefficient (Wildman–Crippen LogP) is 1.06. The molecule has 1 fully saturated rings. The van der Waals surface area contributed by atoms with E-state index in [-0.39, 0.29) is 18.5 Å². The zero-order valence-electron chi connectivity index (χ0n) is 12.7. The van der Waals surface area contributed by atoms with Crippen LogP contribution in [0.15, 0.2) is 12.4 Å². The first-order chi connectivity index (χ1) is 9.85. The van der Waals surface area contributed by atoms with Gasteiger partial charge in [0.1, 0.15) is 0 Å². The monoisotopic (exact) mass is 294 g/mol. The van der Waals surface area contributed by atoms with Gasteiger partial charge in [0.15, 0.2) is 0 Å². The molecular formula is C14H22N4O3. The Morgan fingerprint density at radius 3 is 2.71 bits per heavy atom. The fourth-order valence-electron chi connectivity index (χ4n) is 2.75. The van der Waals surface area contributed by atoms with E-state index in [1.165, 1.54) is 0 Å². The summed E-state index contributed by atoms with van der Waals surface area (Å²) in [6.45, 7) is 4.92. The van der Waals surface area contributed by atoms with E-state index in [9.17, 15) is 14.7 Å². The van der Waals surface area contributed by atoms with Crippen molar-refractivity contribution in [1.82, 2.24) is 20.0 Å². The maximum absolute atomic E-state index is 12.2. The van der Waals surface area contributed by atoms with Crippen molar-refractivity contribution in [3.63, 3.8) is 0 Å². The molecule has 7 heteroatoms. The number of aromatic nitrogens is 2. The van der Waals surface area contributed by atoms with Crippen molar-refractivity contribution in [3.8, 4) is 0 Å². The molecule has 2 rings (SSSR count). The molecule has 21 heavy (non-hydrogen) atoms. The van der Waals surface area contributed by atoms with E-state index in [2.05, 4.69) is 10.4 Å². The average Bonchev–Trinajstić information content (AvgIpc) is 3.03. The molecule has 116 valence electrons. The number of hydrogen-bond acceptors (Lipinski definition) is 3. The third-order valence-electron chi connectivity index (χ3n) is 4.32. The highest BCUT2D eigenvalue weighted by molar-refractivity contribution is 5.80. The van der Waals surface area contributed by atoms with Crippen LogP contribution >= 0.6 is 0 Å². The minimum Gasteiger partial charge on any atom is -0.481 e. The number of rotatable bonds is 4. The fourth-order valence-corrected chi connectivity index (χ4v) is 2.75. The number of carbonyl (C=O) groups is 2. The SMILES string of the molecule is CC(C)C1(C(=O)O)CCN(C(=O)NCc2cnn(C)c2)C1. The molecule has 1 aliphatic heterocycles. The van der Waals surface area contributed by atoms with Crippen LogP contribution in [0.5, 0.6) is 0 Å². The van der Waals surface area contributed by atoms with Gasteiger partial charge < -0.3 is 15.3 Å². The minimum absolute atomic E-state index is 0.00822. The Bertz CT molecular complexity index is 540. The lowest BCUT2D eigenvalue weighted by molar-refractivity contribution is -0.150. The molecule has 1 atom stereocenters. The van der Waals surface area contributed by atoms with E-state index in [1.54, 1.807) is 15.8 Å². The van der Waals surface area contributed by atoms with E-state index in [4.69, 9.17) is 0 Å². The van der Waals surface area contributed by atoms with Crippen LogP contribution in [0.3, 0.4) is 0 Å². The summed E-state index contributed by atoms with van der Waals surface area (Å²) in [5, 5.41) is 16.3. The molecule has 0 aromatic carbocycles. The first kappa shape index (κ1) is 15.3. The lowest BCUT2D eigenvalue weighted by atomic mass is 9.76. The van der Waals surface area contributed by atoms with Crippen molar-refractivity contribution in [3.05, 3.63) is 18.0 Å². The summed E-state index contributed by atoms with van der Waals surface area (Å²) in [6, 6.07) is -0.220. The third kappa shape index (κ3) is 3.01. The molecule has 2 heterocycles. The second-order valence-corrected chi connectivity index (χ2v) is 5.97. The molecular weight excluding hydrogens is 272 g/mol. The Hall–Kier alpha value is -2.05. The number of amides is 2. The van der Waals surface area contributed by atoms with Gasteiger partial charge in [0.2, 0.25) is 0 Å². The predicted molar refractivity (Wildman–Crippen MR) is 76.5 cm³/mol. The molecule has 1 saturated heterocycles. The quantitative estimate of drug-likeness (QED) is 0.869. The van der Waals surface area contributed by atoms with E-state index in [1.807, 2.05) is 27.1 Å². The number of carbonyl (C=O) groups excluding carboxylic acids is 1. The topological polar surface area (TPSA) is 87.5 Å². The third-order valence-corrected chi connectivity index (χ3v) is 4.32.